The quantitative estimate of drug-likeness (QED) is 0.0561. The van der Waals surface area contributed by atoms with Crippen molar-refractivity contribution in [3.8, 4) is 34.4 Å². The summed E-state index contributed by atoms with van der Waals surface area (Å²) >= 11 is 28.6. The van der Waals surface area contributed by atoms with Crippen molar-refractivity contribution >= 4 is 99.2 Å². The fourth-order valence-electron chi connectivity index (χ4n) is 5.03. The van der Waals surface area contributed by atoms with Crippen molar-refractivity contribution < 1.29 is 32.7 Å². The highest BCUT2D eigenvalue weighted by molar-refractivity contribution is 7.99. The number of aromatic nitrogens is 6. The van der Waals surface area contributed by atoms with Crippen molar-refractivity contribution in [2.24, 2.45) is 0 Å². The molecule has 3 aromatic carbocycles. The molecule has 0 saturated heterocycles. The van der Waals surface area contributed by atoms with Crippen molar-refractivity contribution in [1.82, 2.24) is 30.6 Å². The van der Waals surface area contributed by atoms with Crippen LogP contribution in [0.15, 0.2) is 83.5 Å². The molecule has 3 aromatic heterocycles. The number of carbonyl (C=O) groups is 3. The van der Waals surface area contributed by atoms with Crippen LogP contribution in [0.5, 0.6) is 0 Å². The van der Waals surface area contributed by atoms with Gasteiger partial charge in [0.2, 0.25) is 17.7 Å². The van der Waals surface area contributed by atoms with Crippen molar-refractivity contribution in [3.05, 3.63) is 85.8 Å². The molecule has 0 spiro atoms. The van der Waals surface area contributed by atoms with Gasteiger partial charge >= 0.3 is 5.97 Å². The van der Waals surface area contributed by atoms with Crippen LogP contribution < -0.4 is 0 Å². The summed E-state index contributed by atoms with van der Waals surface area (Å²) in [6.07, 6.45) is 5.61. The summed E-state index contributed by atoms with van der Waals surface area (Å²) in [6, 6.07) is 16.4. The van der Waals surface area contributed by atoms with E-state index in [4.69, 9.17) is 64.8 Å². The average molecular weight is 983 g/mol. The predicted molar refractivity (Wildman–Crippen MR) is 247 cm³/mol. The number of nitrogens with zero attached hydrogens (tertiary/aromatic N) is 6. The van der Waals surface area contributed by atoms with Crippen molar-refractivity contribution in [3.63, 3.8) is 0 Å². The second-order valence-corrected chi connectivity index (χ2v) is 18.4. The number of ketones is 2. The smallest absolute Gasteiger partial charge is 0.303 e. The van der Waals surface area contributed by atoms with Gasteiger partial charge in [0.15, 0.2) is 0 Å². The van der Waals surface area contributed by atoms with Gasteiger partial charge in [0, 0.05) is 41.5 Å². The molecular weight excluding hydrogens is 939 g/mol. The lowest BCUT2D eigenvalue weighted by molar-refractivity contribution is -0.137. The molecule has 0 unspecified atom stereocenters. The maximum absolute atomic E-state index is 10.8. The van der Waals surface area contributed by atoms with Gasteiger partial charge in [0.05, 0.1) is 31.8 Å². The first-order chi connectivity index (χ1) is 29.7. The zero-order valence-electron chi connectivity index (χ0n) is 34.3. The lowest BCUT2D eigenvalue weighted by Gasteiger charge is -2.00. The summed E-state index contributed by atoms with van der Waals surface area (Å²) < 4.78 is 16.7. The zero-order chi connectivity index (χ0) is 45.0. The molecule has 0 bridgehead atoms. The fourth-order valence-corrected chi connectivity index (χ4v) is 8.37. The molecule has 13 nitrogen and oxygen atoms in total. The van der Waals surface area contributed by atoms with Crippen molar-refractivity contribution in [2.75, 3.05) is 17.3 Å². The molecule has 1 N–H and O–H groups in total. The molecule has 0 aliphatic heterocycles. The van der Waals surface area contributed by atoms with E-state index in [0.29, 0.717) is 89.6 Å². The number of benzene rings is 3. The second-order valence-electron chi connectivity index (χ2n) is 13.6. The third kappa shape index (κ3) is 18.1. The van der Waals surface area contributed by atoms with Gasteiger partial charge in [-0.25, -0.2) is 0 Å². The minimum Gasteiger partial charge on any atom is -0.481 e. The molecule has 0 aliphatic carbocycles. The van der Waals surface area contributed by atoms with Crippen LogP contribution in [0.2, 0.25) is 20.1 Å². The summed E-state index contributed by atoms with van der Waals surface area (Å²) in [5, 5.41) is 36.1. The van der Waals surface area contributed by atoms with Crippen LogP contribution in [0.25, 0.3) is 34.4 Å². The van der Waals surface area contributed by atoms with E-state index in [1.807, 2.05) is 50.2 Å². The van der Waals surface area contributed by atoms with Gasteiger partial charge in [-0.05, 0) is 113 Å². The summed E-state index contributed by atoms with van der Waals surface area (Å²) in [7, 11) is 0. The molecule has 20 heteroatoms. The fraction of sp³-hybridized carbons (Fsp3) is 0.357. The Morgan fingerprint density at radius 3 is 1.24 bits per heavy atom. The number of halogens is 4. The standard InChI is InChI=1S/C15H17ClN2O2S.C14H14Cl2N2O2S.C13H13ClN2O3S/c1-10-6-7-12(13(16)9-10)14-17-18-15(20-14)21-8-4-3-5-11(2)19;1-9(19)4-2-3-7-21-14-18-17-13(20-14)11-6-5-10(15)8-12(11)16;1-8-4-5-9(10(14)7-8)12-15-16-13(19-12)20-6-2-3-11(17)18/h6-7,9H,3-5,8H2,1-2H3;5-6,8H,2-4,7H2,1H3;4-5,7H,2-3,6H2,1H3,(H,17,18). The Kier molecular flexibility index (Phi) is 21.8. The summed E-state index contributed by atoms with van der Waals surface area (Å²) in [5.74, 6) is 3.15. The Morgan fingerprint density at radius 2 is 0.887 bits per heavy atom. The number of hydrogen-bond donors (Lipinski definition) is 1. The Morgan fingerprint density at radius 1 is 0.516 bits per heavy atom. The number of carbonyl (C=O) groups excluding carboxylic acids is 2. The molecule has 0 fully saturated rings. The van der Waals surface area contributed by atoms with Gasteiger partial charge in [-0.2, -0.15) is 0 Å². The highest BCUT2D eigenvalue weighted by Gasteiger charge is 2.15. The molecule has 0 aliphatic rings. The van der Waals surface area contributed by atoms with E-state index in [0.717, 1.165) is 53.9 Å². The number of carboxylic acid groups (broad SMARTS) is 1. The van der Waals surface area contributed by atoms with E-state index in [-0.39, 0.29) is 18.0 Å². The number of Topliss-reactive ketones (excluding diaryl/α,β-unsaturated/α-hetero) is 2. The minimum atomic E-state index is -0.803. The maximum Gasteiger partial charge on any atom is 0.303 e. The van der Waals surface area contributed by atoms with Crippen LogP contribution >= 0.6 is 81.7 Å². The number of aliphatic carboxylic acids is 1. The molecule has 330 valence electrons. The van der Waals surface area contributed by atoms with Gasteiger partial charge in [-0.15, -0.1) is 30.6 Å². The number of carboxylic acids is 1. The third-order valence-electron chi connectivity index (χ3n) is 8.15. The Bertz CT molecular complexity index is 2280. The van der Waals surface area contributed by atoms with E-state index in [1.165, 1.54) is 35.3 Å². The normalized spacial score (nSPS) is 10.8. The topological polar surface area (TPSA) is 188 Å². The second kappa shape index (κ2) is 26.7. The molecule has 0 atom stereocenters. The summed E-state index contributed by atoms with van der Waals surface area (Å²) in [5.41, 5.74) is 4.25. The van der Waals surface area contributed by atoms with E-state index < -0.39 is 5.97 Å². The lowest BCUT2D eigenvalue weighted by atomic mass is 10.1. The van der Waals surface area contributed by atoms with Gasteiger partial charge in [0.1, 0.15) is 11.6 Å². The molecule has 0 amide bonds. The van der Waals surface area contributed by atoms with Gasteiger partial charge in [0.25, 0.3) is 15.7 Å². The first-order valence-electron chi connectivity index (χ1n) is 19.3. The van der Waals surface area contributed by atoms with E-state index in [1.54, 1.807) is 32.0 Å². The molecule has 6 rings (SSSR count). The zero-order valence-corrected chi connectivity index (χ0v) is 39.8. The van der Waals surface area contributed by atoms with Crippen LogP contribution in [0, 0.1) is 13.8 Å². The lowest BCUT2D eigenvalue weighted by Crippen LogP contribution is -1.94. The van der Waals surface area contributed by atoms with Crippen LogP contribution in [-0.4, -0.2) is 70.5 Å². The van der Waals surface area contributed by atoms with Crippen molar-refractivity contribution in [2.45, 2.75) is 94.7 Å². The number of unbranched alkanes of at least 4 members (excludes halogenated alkanes) is 2. The number of hydrogen-bond acceptors (Lipinski definition) is 15. The van der Waals surface area contributed by atoms with E-state index in [2.05, 4.69) is 30.6 Å². The van der Waals surface area contributed by atoms with E-state index >= 15 is 0 Å². The van der Waals surface area contributed by atoms with Gasteiger partial charge in [-0.3, -0.25) is 4.79 Å². The average Bonchev–Trinajstić information content (AvgIpc) is 3.99. The maximum atomic E-state index is 10.8. The van der Waals surface area contributed by atoms with Gasteiger partial charge in [-0.1, -0.05) is 93.8 Å². The highest BCUT2D eigenvalue weighted by atomic mass is 35.5. The first-order valence-corrected chi connectivity index (χ1v) is 23.7. The molecule has 6 aromatic rings. The molecular formula is C42H44Cl4N6O7S3. The highest BCUT2D eigenvalue weighted by Crippen LogP contribution is 2.33. The van der Waals surface area contributed by atoms with E-state index in [9.17, 15) is 14.4 Å². The van der Waals surface area contributed by atoms with Gasteiger partial charge < -0.3 is 27.9 Å². The number of thioether (sulfide) groups is 3. The molecule has 0 saturated carbocycles. The van der Waals surface area contributed by atoms with Crippen molar-refractivity contribution in [1.29, 1.82) is 0 Å². The first kappa shape index (κ1) is 50.7. The monoisotopic (exact) mass is 980 g/mol. The summed E-state index contributed by atoms with van der Waals surface area (Å²) in [4.78, 5) is 32.0. The Balaban J connectivity index is 0.000000205. The van der Waals surface area contributed by atoms with Crippen LogP contribution in [-0.2, 0) is 14.4 Å². The Labute approximate surface area is 392 Å². The number of rotatable bonds is 20. The van der Waals surface area contributed by atoms with Crippen LogP contribution in [0.1, 0.15) is 76.3 Å². The molecule has 0 radical (unpaired) electrons. The number of aryl methyl sites for hydroxylation is 2. The molecule has 62 heavy (non-hydrogen) atoms. The predicted octanol–water partition coefficient (Wildman–Crippen LogP) is 13.1. The van der Waals surface area contributed by atoms with Crippen LogP contribution in [0.3, 0.4) is 0 Å². The largest absolute Gasteiger partial charge is 0.481 e. The molecule has 3 heterocycles. The summed E-state index contributed by atoms with van der Waals surface area (Å²) in [6.45, 7) is 7.15. The minimum absolute atomic E-state index is 0.137. The Hall–Kier alpha value is -3.90. The third-order valence-corrected chi connectivity index (χ3v) is 12.0. The SMILES string of the molecule is CC(=O)CCCCSc1nnc(-c2ccc(C)cc2Cl)o1.CC(=O)CCCCSc1nnc(-c2ccc(Cl)cc2Cl)o1.Cc1ccc(-c2nnc(SCCCC(=O)O)o2)c(Cl)c1. The van der Waals surface area contributed by atoms with Crippen LogP contribution in [0.4, 0.5) is 0 Å².